The second kappa shape index (κ2) is 6.02. The first-order valence-corrected chi connectivity index (χ1v) is 8.28. The van der Waals surface area contributed by atoms with Gasteiger partial charge in [0.05, 0.1) is 4.88 Å². The van der Waals surface area contributed by atoms with E-state index in [1.165, 1.54) is 36.7 Å². The lowest BCUT2D eigenvalue weighted by atomic mass is 9.85. The quantitative estimate of drug-likeness (QED) is 0.872. The van der Waals surface area contributed by atoms with Crippen LogP contribution in [0.3, 0.4) is 0 Å². The Morgan fingerprint density at radius 3 is 2.86 bits per heavy atom. The van der Waals surface area contributed by atoms with Gasteiger partial charge in [0.15, 0.2) is 0 Å². The maximum atomic E-state index is 12.6. The van der Waals surface area contributed by atoms with Gasteiger partial charge in [0.25, 0.3) is 5.91 Å². The molecule has 112 valence electrons. The Kier molecular flexibility index (Phi) is 4.10. The molecule has 2 aliphatic rings. The number of fused-ring (bicyclic) bond motifs is 1. The molecule has 4 nitrogen and oxygen atoms in total. The summed E-state index contributed by atoms with van der Waals surface area (Å²) in [6.07, 6.45) is 8.69. The number of amides is 1. The van der Waals surface area contributed by atoms with Crippen molar-refractivity contribution in [3.8, 4) is 0 Å². The summed E-state index contributed by atoms with van der Waals surface area (Å²) in [6.45, 7) is 0.867. The third-order valence-corrected chi connectivity index (χ3v) is 5.54. The number of hydrogen-bond acceptors (Lipinski definition) is 3. The van der Waals surface area contributed by atoms with E-state index in [0.717, 1.165) is 30.3 Å². The van der Waals surface area contributed by atoms with E-state index in [0.29, 0.717) is 16.8 Å². The minimum atomic E-state index is -0.971. The van der Waals surface area contributed by atoms with Gasteiger partial charge in [-0.3, -0.25) is 4.79 Å². The molecule has 0 aromatic carbocycles. The topological polar surface area (TPSA) is 57.6 Å². The van der Waals surface area contributed by atoms with E-state index in [9.17, 15) is 9.59 Å². The molecule has 1 aromatic heterocycles. The summed E-state index contributed by atoms with van der Waals surface area (Å²) in [5.74, 6) is -0.167. The van der Waals surface area contributed by atoms with Gasteiger partial charge in [-0.05, 0) is 43.4 Å². The molecule has 21 heavy (non-hydrogen) atoms. The number of carbonyl (C=O) groups excluding carboxylic acids is 1. The summed E-state index contributed by atoms with van der Waals surface area (Å²) in [4.78, 5) is 26.7. The molecule has 1 aliphatic heterocycles. The van der Waals surface area contributed by atoms with Gasteiger partial charge in [-0.15, -0.1) is 11.3 Å². The van der Waals surface area contributed by atoms with Crippen LogP contribution in [0.4, 0.5) is 0 Å². The molecule has 2 fully saturated rings. The van der Waals surface area contributed by atoms with E-state index < -0.39 is 5.97 Å². The van der Waals surface area contributed by atoms with Crippen molar-refractivity contribution in [1.82, 2.24) is 4.90 Å². The van der Waals surface area contributed by atoms with Crippen LogP contribution in [0.5, 0.6) is 0 Å². The summed E-state index contributed by atoms with van der Waals surface area (Å²) in [7, 11) is 0. The van der Waals surface area contributed by atoms with Crippen LogP contribution < -0.4 is 0 Å². The molecule has 0 radical (unpaired) electrons. The first kappa shape index (κ1) is 14.3. The van der Waals surface area contributed by atoms with E-state index >= 15 is 0 Å². The summed E-state index contributed by atoms with van der Waals surface area (Å²) < 4.78 is 0. The average molecular weight is 305 g/mol. The number of carboxylic acids is 1. The Balaban J connectivity index is 1.72. The van der Waals surface area contributed by atoms with Gasteiger partial charge in [0.2, 0.25) is 0 Å². The maximum Gasteiger partial charge on any atom is 0.328 e. The number of nitrogens with zero attached hydrogens (tertiary/aromatic N) is 1. The number of aliphatic carboxylic acids is 1. The van der Waals surface area contributed by atoms with Crippen molar-refractivity contribution >= 4 is 29.3 Å². The van der Waals surface area contributed by atoms with Crippen molar-refractivity contribution in [2.24, 2.45) is 5.92 Å². The van der Waals surface area contributed by atoms with Gasteiger partial charge in [-0.2, -0.15) is 0 Å². The van der Waals surface area contributed by atoms with Crippen molar-refractivity contribution < 1.29 is 14.7 Å². The second-order valence-corrected chi connectivity index (χ2v) is 6.89. The third kappa shape index (κ3) is 3.02. The molecule has 1 aliphatic carbocycles. The van der Waals surface area contributed by atoms with Crippen molar-refractivity contribution in [3.05, 3.63) is 28.0 Å². The minimum absolute atomic E-state index is 0.115. The summed E-state index contributed by atoms with van der Waals surface area (Å²) >= 11 is 1.37. The maximum absolute atomic E-state index is 12.6. The Hall–Kier alpha value is -1.62. The highest BCUT2D eigenvalue weighted by Crippen LogP contribution is 2.37. The Morgan fingerprint density at radius 2 is 2.05 bits per heavy atom. The van der Waals surface area contributed by atoms with Gasteiger partial charge in [0.1, 0.15) is 0 Å². The summed E-state index contributed by atoms with van der Waals surface area (Å²) in [5, 5.41) is 8.64. The Labute approximate surface area is 128 Å². The van der Waals surface area contributed by atoms with Crippen LogP contribution >= 0.6 is 11.3 Å². The zero-order chi connectivity index (χ0) is 14.8. The largest absolute Gasteiger partial charge is 0.478 e. The highest BCUT2D eigenvalue weighted by molar-refractivity contribution is 7.14. The molecule has 1 amide bonds. The highest BCUT2D eigenvalue weighted by atomic mass is 32.1. The minimum Gasteiger partial charge on any atom is -0.478 e. The number of rotatable bonds is 3. The Bertz CT molecular complexity index is 578. The van der Waals surface area contributed by atoms with Gasteiger partial charge in [-0.25, -0.2) is 4.79 Å². The number of carbonyl (C=O) groups is 2. The number of carboxylic acid groups (broad SMARTS) is 1. The normalized spacial score (nSPS) is 25.2. The number of thiophene rings is 1. The van der Waals surface area contributed by atoms with Crippen LogP contribution in [0.1, 0.15) is 46.7 Å². The van der Waals surface area contributed by atoms with E-state index in [-0.39, 0.29) is 5.91 Å². The molecule has 2 heterocycles. The molecule has 0 spiro atoms. The van der Waals surface area contributed by atoms with Gasteiger partial charge >= 0.3 is 5.97 Å². The fraction of sp³-hybridized carbons (Fsp3) is 0.500. The Morgan fingerprint density at radius 1 is 1.24 bits per heavy atom. The van der Waals surface area contributed by atoms with Gasteiger partial charge in [-0.1, -0.05) is 12.8 Å². The fourth-order valence-electron chi connectivity index (χ4n) is 3.51. The first-order chi connectivity index (χ1) is 10.1. The molecule has 3 rings (SSSR count). The van der Waals surface area contributed by atoms with Gasteiger partial charge in [0, 0.05) is 23.5 Å². The van der Waals surface area contributed by atoms with Crippen LogP contribution in [0.2, 0.25) is 0 Å². The van der Waals surface area contributed by atoms with Crippen LogP contribution in [-0.2, 0) is 4.79 Å². The monoisotopic (exact) mass is 305 g/mol. The predicted octanol–water partition coefficient (Wildman–Crippen LogP) is 3.25. The van der Waals surface area contributed by atoms with Crippen molar-refractivity contribution in [2.75, 3.05) is 6.54 Å². The SMILES string of the molecule is O=C(O)/C=C/c1ccc(C(=O)N2CCC3CCCCC32)s1. The first-order valence-electron chi connectivity index (χ1n) is 7.47. The molecule has 5 heteroatoms. The third-order valence-electron chi connectivity index (χ3n) is 4.50. The molecule has 0 bridgehead atoms. The van der Waals surface area contributed by atoms with Crippen molar-refractivity contribution in [2.45, 2.75) is 38.1 Å². The second-order valence-electron chi connectivity index (χ2n) is 5.77. The smallest absolute Gasteiger partial charge is 0.328 e. The van der Waals surface area contributed by atoms with E-state index in [1.807, 2.05) is 17.0 Å². The van der Waals surface area contributed by atoms with E-state index in [1.54, 1.807) is 0 Å². The molecule has 1 saturated heterocycles. The molecule has 1 aromatic rings. The number of likely N-dealkylation sites (tertiary alicyclic amines) is 1. The molecular formula is C16H19NO3S. The number of hydrogen-bond donors (Lipinski definition) is 1. The molecule has 2 unspecified atom stereocenters. The zero-order valence-electron chi connectivity index (χ0n) is 11.8. The molecule has 1 saturated carbocycles. The average Bonchev–Trinajstić information content (AvgIpc) is 3.11. The van der Waals surface area contributed by atoms with E-state index in [2.05, 4.69) is 0 Å². The summed E-state index contributed by atoms with van der Waals surface area (Å²) in [5.41, 5.74) is 0. The van der Waals surface area contributed by atoms with Crippen molar-refractivity contribution in [3.63, 3.8) is 0 Å². The van der Waals surface area contributed by atoms with Crippen LogP contribution in [0.15, 0.2) is 18.2 Å². The van der Waals surface area contributed by atoms with E-state index in [4.69, 9.17) is 5.11 Å². The van der Waals surface area contributed by atoms with Crippen LogP contribution in [-0.4, -0.2) is 34.5 Å². The zero-order valence-corrected chi connectivity index (χ0v) is 12.6. The summed E-state index contributed by atoms with van der Waals surface area (Å²) in [6, 6.07) is 4.04. The lowest BCUT2D eigenvalue weighted by molar-refractivity contribution is -0.131. The standard InChI is InChI=1S/C16H19NO3S/c18-15(19)8-6-12-5-7-14(21-12)16(20)17-10-9-11-3-1-2-4-13(11)17/h5-8,11,13H,1-4,9-10H2,(H,18,19)/b8-6+. The predicted molar refractivity (Wildman–Crippen MR) is 82.4 cm³/mol. The van der Waals surface area contributed by atoms with Gasteiger partial charge < -0.3 is 10.0 Å². The highest BCUT2D eigenvalue weighted by Gasteiger charge is 2.38. The van der Waals surface area contributed by atoms with Crippen LogP contribution in [0, 0.1) is 5.92 Å². The van der Waals surface area contributed by atoms with Crippen LogP contribution in [0.25, 0.3) is 6.08 Å². The molecule has 2 atom stereocenters. The molecule has 1 N–H and O–H groups in total. The fourth-order valence-corrected chi connectivity index (χ4v) is 4.38. The molecular weight excluding hydrogens is 286 g/mol. The lowest BCUT2D eigenvalue weighted by Crippen LogP contribution is -2.38. The lowest BCUT2D eigenvalue weighted by Gasteiger charge is -2.31. The van der Waals surface area contributed by atoms with Crippen molar-refractivity contribution in [1.29, 1.82) is 0 Å².